The molecule has 0 aromatic rings. The Kier molecular flexibility index (Phi) is 3.92. The molecule has 4 atom stereocenters. The molecule has 2 unspecified atom stereocenters. The lowest BCUT2D eigenvalue weighted by molar-refractivity contribution is -0.0182. The molecule has 0 spiro atoms. The standard InChI is InChI=1S/C17H32N2/c1-17(2)11-5-10-15(16(17)18)19-12-6-8-13-7-3-4-9-14(13)19/h13-16H,3-12,18H2,1-2H3/t13-,14-,15?,16?/m1/s1. The van der Waals surface area contributed by atoms with Crippen molar-refractivity contribution in [3.63, 3.8) is 0 Å². The van der Waals surface area contributed by atoms with Crippen molar-refractivity contribution in [1.29, 1.82) is 0 Å². The smallest absolute Gasteiger partial charge is 0.0255 e. The van der Waals surface area contributed by atoms with Crippen LogP contribution in [-0.4, -0.2) is 29.6 Å². The zero-order valence-corrected chi connectivity index (χ0v) is 12.9. The van der Waals surface area contributed by atoms with E-state index in [1.165, 1.54) is 64.3 Å². The number of hydrogen-bond acceptors (Lipinski definition) is 2. The molecule has 110 valence electrons. The molecule has 1 heterocycles. The van der Waals surface area contributed by atoms with Gasteiger partial charge in [0.05, 0.1) is 0 Å². The van der Waals surface area contributed by atoms with Gasteiger partial charge in [-0.05, 0) is 56.4 Å². The predicted molar refractivity (Wildman–Crippen MR) is 81.1 cm³/mol. The maximum absolute atomic E-state index is 6.67. The lowest BCUT2D eigenvalue weighted by Gasteiger charge is -2.53. The number of fused-ring (bicyclic) bond motifs is 1. The van der Waals surface area contributed by atoms with Crippen LogP contribution in [0.15, 0.2) is 0 Å². The van der Waals surface area contributed by atoms with Crippen LogP contribution in [0.1, 0.15) is 71.6 Å². The molecule has 0 bridgehead atoms. The van der Waals surface area contributed by atoms with Gasteiger partial charge in [0.1, 0.15) is 0 Å². The zero-order valence-electron chi connectivity index (χ0n) is 12.9. The second-order valence-corrected chi connectivity index (χ2v) is 7.97. The molecule has 2 nitrogen and oxygen atoms in total. The zero-order chi connectivity index (χ0) is 13.5. The van der Waals surface area contributed by atoms with Crippen LogP contribution in [0.4, 0.5) is 0 Å². The topological polar surface area (TPSA) is 29.3 Å². The Morgan fingerprint density at radius 2 is 1.58 bits per heavy atom. The van der Waals surface area contributed by atoms with E-state index in [2.05, 4.69) is 18.7 Å². The first kappa shape index (κ1) is 13.9. The second-order valence-electron chi connectivity index (χ2n) is 7.97. The molecule has 1 saturated heterocycles. The van der Waals surface area contributed by atoms with Crippen molar-refractivity contribution in [1.82, 2.24) is 4.90 Å². The van der Waals surface area contributed by atoms with Crippen molar-refractivity contribution in [3.05, 3.63) is 0 Å². The number of piperidine rings is 1. The molecular formula is C17H32N2. The number of nitrogens with two attached hydrogens (primary N) is 1. The van der Waals surface area contributed by atoms with Gasteiger partial charge in [-0.25, -0.2) is 0 Å². The van der Waals surface area contributed by atoms with E-state index in [9.17, 15) is 0 Å². The van der Waals surface area contributed by atoms with Crippen molar-refractivity contribution in [2.75, 3.05) is 6.54 Å². The van der Waals surface area contributed by atoms with Gasteiger partial charge in [-0.1, -0.05) is 33.1 Å². The Labute approximate surface area is 119 Å². The fourth-order valence-corrected chi connectivity index (χ4v) is 5.08. The van der Waals surface area contributed by atoms with Crippen LogP contribution in [0.25, 0.3) is 0 Å². The van der Waals surface area contributed by atoms with Crippen molar-refractivity contribution in [2.45, 2.75) is 89.8 Å². The molecule has 2 N–H and O–H groups in total. The maximum Gasteiger partial charge on any atom is 0.0255 e. The van der Waals surface area contributed by atoms with Crippen LogP contribution >= 0.6 is 0 Å². The molecule has 0 radical (unpaired) electrons. The van der Waals surface area contributed by atoms with E-state index in [-0.39, 0.29) is 0 Å². The normalized spacial score (nSPS) is 43.7. The van der Waals surface area contributed by atoms with E-state index >= 15 is 0 Å². The fourth-order valence-electron chi connectivity index (χ4n) is 5.08. The second kappa shape index (κ2) is 5.37. The fraction of sp³-hybridized carbons (Fsp3) is 1.00. The first-order valence-corrected chi connectivity index (χ1v) is 8.61. The SMILES string of the molecule is CC1(C)CCCC(N2CCC[C@H]3CCCC[C@H]32)C1N. The van der Waals surface area contributed by atoms with Crippen molar-refractivity contribution >= 4 is 0 Å². The Morgan fingerprint density at radius 1 is 0.895 bits per heavy atom. The highest BCUT2D eigenvalue weighted by Crippen LogP contribution is 2.42. The van der Waals surface area contributed by atoms with Crippen LogP contribution < -0.4 is 5.73 Å². The largest absolute Gasteiger partial charge is 0.326 e. The van der Waals surface area contributed by atoms with E-state index in [0.29, 0.717) is 17.5 Å². The maximum atomic E-state index is 6.67. The van der Waals surface area contributed by atoms with E-state index in [4.69, 9.17) is 5.73 Å². The average molecular weight is 264 g/mol. The van der Waals surface area contributed by atoms with E-state index in [1.807, 2.05) is 0 Å². The summed E-state index contributed by atoms with van der Waals surface area (Å²) < 4.78 is 0. The number of rotatable bonds is 1. The number of nitrogens with zero attached hydrogens (tertiary/aromatic N) is 1. The summed E-state index contributed by atoms with van der Waals surface area (Å²) in [6.07, 6.45) is 12.7. The van der Waals surface area contributed by atoms with Crippen molar-refractivity contribution in [2.24, 2.45) is 17.1 Å². The van der Waals surface area contributed by atoms with Gasteiger partial charge in [0.2, 0.25) is 0 Å². The lowest BCUT2D eigenvalue weighted by atomic mass is 9.69. The summed E-state index contributed by atoms with van der Waals surface area (Å²) in [5.41, 5.74) is 7.01. The third-order valence-electron chi connectivity index (χ3n) is 6.35. The predicted octanol–water partition coefficient (Wildman–Crippen LogP) is 3.55. The van der Waals surface area contributed by atoms with Gasteiger partial charge in [-0.15, -0.1) is 0 Å². The van der Waals surface area contributed by atoms with Crippen molar-refractivity contribution in [3.8, 4) is 0 Å². The molecule has 3 aliphatic rings. The Bertz CT molecular complexity index is 310. The number of hydrogen-bond donors (Lipinski definition) is 1. The van der Waals surface area contributed by atoms with Crippen molar-refractivity contribution < 1.29 is 0 Å². The molecule has 3 fully saturated rings. The van der Waals surface area contributed by atoms with Crippen LogP contribution in [0, 0.1) is 11.3 Å². The highest BCUT2D eigenvalue weighted by atomic mass is 15.2. The molecule has 0 aromatic carbocycles. The van der Waals surface area contributed by atoms with Crippen LogP contribution in [0.2, 0.25) is 0 Å². The van der Waals surface area contributed by atoms with E-state index in [0.717, 1.165) is 12.0 Å². The van der Waals surface area contributed by atoms with E-state index in [1.54, 1.807) is 0 Å². The average Bonchev–Trinajstić information content (AvgIpc) is 2.41. The lowest BCUT2D eigenvalue weighted by Crippen LogP contribution is -2.62. The van der Waals surface area contributed by atoms with Crippen LogP contribution in [0.5, 0.6) is 0 Å². The summed E-state index contributed by atoms with van der Waals surface area (Å²) in [5.74, 6) is 0.986. The minimum Gasteiger partial charge on any atom is -0.326 e. The number of likely N-dealkylation sites (tertiary alicyclic amines) is 1. The third-order valence-corrected chi connectivity index (χ3v) is 6.35. The summed E-state index contributed by atoms with van der Waals surface area (Å²) in [7, 11) is 0. The summed E-state index contributed by atoms with van der Waals surface area (Å²) in [6, 6.07) is 1.91. The monoisotopic (exact) mass is 264 g/mol. The molecular weight excluding hydrogens is 232 g/mol. The molecule has 2 aliphatic carbocycles. The molecule has 3 rings (SSSR count). The first-order chi connectivity index (χ1) is 9.09. The first-order valence-electron chi connectivity index (χ1n) is 8.61. The Morgan fingerprint density at radius 3 is 2.42 bits per heavy atom. The summed E-state index contributed by atoms with van der Waals surface area (Å²) in [4.78, 5) is 2.86. The highest BCUT2D eigenvalue weighted by molar-refractivity contribution is 5.00. The van der Waals surface area contributed by atoms with Gasteiger partial charge in [-0.2, -0.15) is 0 Å². The van der Waals surface area contributed by atoms with Gasteiger partial charge in [0, 0.05) is 18.1 Å². The Hall–Kier alpha value is -0.0800. The van der Waals surface area contributed by atoms with Gasteiger partial charge in [-0.3, -0.25) is 4.90 Å². The van der Waals surface area contributed by atoms with Gasteiger partial charge < -0.3 is 5.73 Å². The molecule has 1 aliphatic heterocycles. The van der Waals surface area contributed by atoms with Crippen LogP contribution in [0.3, 0.4) is 0 Å². The molecule has 2 heteroatoms. The molecule has 0 amide bonds. The molecule has 0 aromatic heterocycles. The molecule has 2 saturated carbocycles. The highest BCUT2D eigenvalue weighted by Gasteiger charge is 2.43. The minimum atomic E-state index is 0.338. The van der Waals surface area contributed by atoms with Crippen LogP contribution in [-0.2, 0) is 0 Å². The quantitative estimate of drug-likeness (QED) is 0.785. The van der Waals surface area contributed by atoms with Gasteiger partial charge in [0.25, 0.3) is 0 Å². The van der Waals surface area contributed by atoms with E-state index < -0.39 is 0 Å². The summed E-state index contributed by atoms with van der Waals surface area (Å²) in [6.45, 7) is 6.08. The minimum absolute atomic E-state index is 0.338. The Balaban J connectivity index is 1.76. The van der Waals surface area contributed by atoms with Gasteiger partial charge in [0.15, 0.2) is 0 Å². The summed E-state index contributed by atoms with van der Waals surface area (Å²) >= 11 is 0. The summed E-state index contributed by atoms with van der Waals surface area (Å²) in [5, 5.41) is 0. The molecule has 19 heavy (non-hydrogen) atoms. The van der Waals surface area contributed by atoms with Gasteiger partial charge >= 0.3 is 0 Å². The third kappa shape index (κ3) is 2.58.